The van der Waals surface area contributed by atoms with E-state index in [4.69, 9.17) is 0 Å². The first-order valence-electron chi connectivity index (χ1n) is 10.6. The minimum absolute atomic E-state index is 0.272. The van der Waals surface area contributed by atoms with Gasteiger partial charge in [-0.1, -0.05) is 12.1 Å². The SMILES string of the molecule is O=C(Nc1cccc(NC(=O)N2CCN(C(=O)c3cccc(F)c3)CC2)c1)c1cc[n+]([O-])cc1. The van der Waals surface area contributed by atoms with E-state index in [1.165, 1.54) is 42.7 Å². The summed E-state index contributed by atoms with van der Waals surface area (Å²) >= 11 is 0. The summed E-state index contributed by atoms with van der Waals surface area (Å²) in [4.78, 5) is 40.8. The first-order valence-corrected chi connectivity index (χ1v) is 10.6. The lowest BCUT2D eigenvalue weighted by molar-refractivity contribution is -0.605. The van der Waals surface area contributed by atoms with Crippen LogP contribution in [-0.4, -0.2) is 53.8 Å². The number of nitrogens with one attached hydrogen (secondary N) is 2. The number of amides is 4. The van der Waals surface area contributed by atoms with Crippen molar-refractivity contribution in [2.24, 2.45) is 0 Å². The molecule has 0 saturated carbocycles. The molecule has 1 fully saturated rings. The fourth-order valence-electron chi connectivity index (χ4n) is 3.56. The smallest absolute Gasteiger partial charge is 0.321 e. The highest BCUT2D eigenvalue weighted by atomic mass is 19.1. The summed E-state index contributed by atoms with van der Waals surface area (Å²) in [7, 11) is 0. The van der Waals surface area contributed by atoms with Crippen molar-refractivity contribution >= 4 is 29.2 Å². The molecule has 34 heavy (non-hydrogen) atoms. The first kappa shape index (κ1) is 22.7. The number of carbonyl (C=O) groups excluding carboxylic acids is 3. The van der Waals surface area contributed by atoms with E-state index in [1.807, 2.05) is 0 Å². The topological polar surface area (TPSA) is 109 Å². The van der Waals surface area contributed by atoms with Crippen LogP contribution in [-0.2, 0) is 0 Å². The number of hydrogen-bond acceptors (Lipinski definition) is 4. The van der Waals surface area contributed by atoms with Crippen molar-refractivity contribution in [1.29, 1.82) is 0 Å². The van der Waals surface area contributed by atoms with Crippen molar-refractivity contribution in [3.63, 3.8) is 0 Å². The predicted octanol–water partition coefficient (Wildman–Crippen LogP) is 2.70. The highest BCUT2D eigenvalue weighted by Crippen LogP contribution is 2.17. The van der Waals surface area contributed by atoms with Crippen LogP contribution in [0, 0.1) is 11.0 Å². The molecular formula is C24H22FN5O4. The number of hydrogen-bond donors (Lipinski definition) is 2. The lowest BCUT2D eigenvalue weighted by Gasteiger charge is -2.34. The normalized spacial score (nSPS) is 13.3. The average molecular weight is 463 g/mol. The standard InChI is InChI=1S/C24H22FN5O4/c25-19-4-1-3-18(15-19)23(32)28-11-13-29(14-12-28)24(33)27-21-6-2-5-20(16-21)26-22(31)17-7-9-30(34)10-8-17/h1-10,15-16H,11-14H2,(H,26,31)(H,27,33). The van der Waals surface area contributed by atoms with Gasteiger partial charge in [-0.3, -0.25) is 9.59 Å². The maximum atomic E-state index is 13.4. The molecule has 2 heterocycles. The Hall–Kier alpha value is -4.47. The van der Waals surface area contributed by atoms with Crippen LogP contribution in [0.25, 0.3) is 0 Å². The van der Waals surface area contributed by atoms with Crippen molar-refractivity contribution < 1.29 is 23.5 Å². The maximum absolute atomic E-state index is 13.4. The van der Waals surface area contributed by atoms with Gasteiger partial charge >= 0.3 is 6.03 Å². The molecule has 1 aliphatic rings. The fourth-order valence-corrected chi connectivity index (χ4v) is 3.56. The number of rotatable bonds is 4. The van der Waals surface area contributed by atoms with Gasteiger partial charge in [-0.25, -0.2) is 9.18 Å². The van der Waals surface area contributed by atoms with Gasteiger partial charge in [0.1, 0.15) is 5.82 Å². The summed E-state index contributed by atoms with van der Waals surface area (Å²) in [5, 5.41) is 16.6. The largest absolute Gasteiger partial charge is 0.619 e. The molecule has 174 valence electrons. The molecule has 1 saturated heterocycles. The molecule has 9 nitrogen and oxygen atoms in total. The minimum atomic E-state index is -0.471. The summed E-state index contributed by atoms with van der Waals surface area (Å²) in [5.74, 6) is -1.13. The Kier molecular flexibility index (Phi) is 6.67. The molecule has 0 radical (unpaired) electrons. The fraction of sp³-hybridized carbons (Fsp3) is 0.167. The Morgan fingerprint density at radius 3 is 2.09 bits per heavy atom. The molecule has 2 aromatic carbocycles. The van der Waals surface area contributed by atoms with Gasteiger partial charge in [0, 0.05) is 55.2 Å². The van der Waals surface area contributed by atoms with E-state index in [-0.39, 0.29) is 23.4 Å². The quantitative estimate of drug-likeness (QED) is 0.458. The molecule has 0 spiro atoms. The molecule has 0 atom stereocenters. The number of urea groups is 1. The van der Waals surface area contributed by atoms with Gasteiger partial charge in [-0.05, 0) is 36.4 Å². The van der Waals surface area contributed by atoms with Gasteiger partial charge in [0.15, 0.2) is 12.4 Å². The van der Waals surface area contributed by atoms with Crippen molar-refractivity contribution in [3.8, 4) is 0 Å². The van der Waals surface area contributed by atoms with Crippen molar-refractivity contribution in [3.05, 3.63) is 95.2 Å². The number of carbonyl (C=O) groups is 3. The van der Waals surface area contributed by atoms with E-state index in [0.29, 0.717) is 47.8 Å². The first-order chi connectivity index (χ1) is 16.4. The van der Waals surface area contributed by atoms with Crippen LogP contribution in [0.5, 0.6) is 0 Å². The summed E-state index contributed by atoms with van der Waals surface area (Å²) < 4.78 is 14.0. The molecule has 1 aromatic heterocycles. The van der Waals surface area contributed by atoms with Gasteiger partial charge in [0.25, 0.3) is 11.8 Å². The molecular weight excluding hydrogens is 441 g/mol. The number of piperazine rings is 1. The lowest BCUT2D eigenvalue weighted by Crippen LogP contribution is -2.51. The Labute approximate surface area is 195 Å². The highest BCUT2D eigenvalue weighted by molar-refractivity contribution is 6.04. The zero-order valence-electron chi connectivity index (χ0n) is 18.1. The number of anilines is 2. The van der Waals surface area contributed by atoms with Gasteiger partial charge < -0.3 is 25.6 Å². The number of pyridine rings is 1. The van der Waals surface area contributed by atoms with E-state index in [9.17, 15) is 24.0 Å². The van der Waals surface area contributed by atoms with Gasteiger partial charge in [0.05, 0.1) is 5.56 Å². The molecule has 1 aliphatic heterocycles. The number of nitrogens with zero attached hydrogens (tertiary/aromatic N) is 3. The van der Waals surface area contributed by atoms with Crippen LogP contribution in [0.4, 0.5) is 20.6 Å². The Balaban J connectivity index is 1.31. The summed E-state index contributed by atoms with van der Waals surface area (Å²) in [6.07, 6.45) is 2.47. The third kappa shape index (κ3) is 5.47. The second kappa shape index (κ2) is 9.99. The van der Waals surface area contributed by atoms with Gasteiger partial charge in [0.2, 0.25) is 0 Å². The molecule has 2 N–H and O–H groups in total. The Bertz CT molecular complexity index is 1210. The second-order valence-corrected chi connectivity index (χ2v) is 7.70. The van der Waals surface area contributed by atoms with Crippen LogP contribution in [0.1, 0.15) is 20.7 Å². The zero-order valence-corrected chi connectivity index (χ0v) is 18.1. The monoisotopic (exact) mass is 463 g/mol. The molecule has 4 rings (SSSR count). The van der Waals surface area contributed by atoms with Gasteiger partial charge in [-0.2, -0.15) is 4.73 Å². The maximum Gasteiger partial charge on any atom is 0.321 e. The zero-order chi connectivity index (χ0) is 24.1. The van der Waals surface area contributed by atoms with E-state index >= 15 is 0 Å². The third-order valence-electron chi connectivity index (χ3n) is 5.36. The van der Waals surface area contributed by atoms with Crippen LogP contribution < -0.4 is 15.4 Å². The molecule has 0 bridgehead atoms. The van der Waals surface area contributed by atoms with Crippen LogP contribution in [0.15, 0.2) is 73.1 Å². The molecule has 4 amide bonds. The summed E-state index contributed by atoms with van der Waals surface area (Å²) in [6.45, 7) is 1.33. The van der Waals surface area contributed by atoms with Crippen molar-refractivity contribution in [2.45, 2.75) is 0 Å². The Morgan fingerprint density at radius 1 is 0.794 bits per heavy atom. The van der Waals surface area contributed by atoms with E-state index in [0.717, 1.165) is 0 Å². The molecule has 10 heteroatoms. The molecule has 0 unspecified atom stereocenters. The lowest BCUT2D eigenvalue weighted by atomic mass is 10.2. The van der Waals surface area contributed by atoms with Crippen molar-refractivity contribution in [1.82, 2.24) is 9.80 Å². The Morgan fingerprint density at radius 2 is 1.41 bits per heavy atom. The second-order valence-electron chi connectivity index (χ2n) is 7.70. The predicted molar refractivity (Wildman–Crippen MR) is 123 cm³/mol. The third-order valence-corrected chi connectivity index (χ3v) is 5.36. The van der Waals surface area contributed by atoms with Crippen LogP contribution in [0.3, 0.4) is 0 Å². The van der Waals surface area contributed by atoms with Crippen LogP contribution >= 0.6 is 0 Å². The average Bonchev–Trinajstić information content (AvgIpc) is 2.84. The van der Waals surface area contributed by atoms with Gasteiger partial charge in [-0.15, -0.1) is 0 Å². The molecule has 3 aromatic rings. The van der Waals surface area contributed by atoms with E-state index in [1.54, 1.807) is 40.1 Å². The molecule has 0 aliphatic carbocycles. The van der Waals surface area contributed by atoms with E-state index < -0.39 is 5.82 Å². The number of benzene rings is 2. The highest BCUT2D eigenvalue weighted by Gasteiger charge is 2.25. The summed E-state index contributed by atoms with van der Waals surface area (Å²) in [5.41, 5.74) is 1.57. The number of aromatic nitrogens is 1. The van der Waals surface area contributed by atoms with E-state index in [2.05, 4.69) is 10.6 Å². The number of halogens is 1. The van der Waals surface area contributed by atoms with Crippen LogP contribution in [0.2, 0.25) is 0 Å². The van der Waals surface area contributed by atoms with Crippen molar-refractivity contribution in [2.75, 3.05) is 36.8 Å². The minimum Gasteiger partial charge on any atom is -0.619 e. The summed E-state index contributed by atoms with van der Waals surface area (Å²) in [6, 6.07) is 14.7.